The van der Waals surface area contributed by atoms with Crippen LogP contribution in [0.25, 0.3) is 0 Å². The molecule has 0 radical (unpaired) electrons. The van der Waals surface area contributed by atoms with E-state index in [0.29, 0.717) is 30.6 Å². The fourth-order valence-corrected chi connectivity index (χ4v) is 1.05. The maximum absolute atomic E-state index is 11.2. The second kappa shape index (κ2) is 4.60. The molecule has 4 heteroatoms. The van der Waals surface area contributed by atoms with E-state index in [1.165, 1.54) is 4.90 Å². The van der Waals surface area contributed by atoms with E-state index in [-0.39, 0.29) is 5.91 Å². The molecule has 1 aromatic heterocycles. The summed E-state index contributed by atoms with van der Waals surface area (Å²) in [5.74, 6) is 1.02. The fourth-order valence-electron chi connectivity index (χ4n) is 1.05. The Labute approximate surface area is 82.5 Å². The zero-order valence-corrected chi connectivity index (χ0v) is 8.32. The van der Waals surface area contributed by atoms with Gasteiger partial charge < -0.3 is 9.32 Å². The van der Waals surface area contributed by atoms with Gasteiger partial charge in [0.1, 0.15) is 5.76 Å². The van der Waals surface area contributed by atoms with E-state index >= 15 is 0 Å². The molecule has 1 rings (SSSR count). The molecule has 4 nitrogen and oxygen atoms in total. The number of amides is 1. The molecule has 0 spiro atoms. The van der Waals surface area contributed by atoms with Gasteiger partial charge in [0.15, 0.2) is 12.0 Å². The highest BCUT2D eigenvalue weighted by Crippen LogP contribution is 2.08. The fraction of sp³-hybridized carbons (Fsp3) is 0.400. The molecule has 0 aliphatic heterocycles. The Kier molecular flexibility index (Phi) is 3.45. The van der Waals surface area contributed by atoms with E-state index in [1.807, 2.05) is 0 Å². The third-order valence-electron chi connectivity index (χ3n) is 1.88. The summed E-state index contributed by atoms with van der Waals surface area (Å²) in [6.45, 7) is 0. The number of rotatable bonds is 4. The van der Waals surface area contributed by atoms with Crippen molar-refractivity contribution in [3.05, 3.63) is 23.7 Å². The van der Waals surface area contributed by atoms with Crippen molar-refractivity contribution in [3.8, 4) is 0 Å². The highest BCUT2D eigenvalue weighted by molar-refractivity contribution is 5.75. The van der Waals surface area contributed by atoms with Gasteiger partial charge in [0.05, 0.1) is 0 Å². The molecule has 76 valence electrons. The van der Waals surface area contributed by atoms with Crippen molar-refractivity contribution < 1.29 is 14.0 Å². The van der Waals surface area contributed by atoms with E-state index in [1.54, 1.807) is 26.2 Å². The number of furan rings is 1. The van der Waals surface area contributed by atoms with Gasteiger partial charge in [0.25, 0.3) is 0 Å². The minimum Gasteiger partial charge on any atom is -0.458 e. The van der Waals surface area contributed by atoms with Crippen LogP contribution in [0.4, 0.5) is 0 Å². The topological polar surface area (TPSA) is 50.5 Å². The first-order valence-corrected chi connectivity index (χ1v) is 4.37. The molecule has 0 atom stereocenters. The maximum atomic E-state index is 11.2. The summed E-state index contributed by atoms with van der Waals surface area (Å²) >= 11 is 0. The molecule has 1 amide bonds. The van der Waals surface area contributed by atoms with Gasteiger partial charge in [0, 0.05) is 26.9 Å². The van der Waals surface area contributed by atoms with Crippen molar-refractivity contribution in [2.75, 3.05) is 14.1 Å². The monoisotopic (exact) mass is 195 g/mol. The lowest BCUT2D eigenvalue weighted by molar-refractivity contribution is -0.128. The van der Waals surface area contributed by atoms with Gasteiger partial charge in [-0.25, -0.2) is 0 Å². The Balaban J connectivity index is 2.45. The molecule has 14 heavy (non-hydrogen) atoms. The Bertz CT molecular complexity index is 328. The lowest BCUT2D eigenvalue weighted by atomic mass is 10.2. The largest absolute Gasteiger partial charge is 0.458 e. The predicted octanol–water partition coefficient (Wildman–Crippen LogP) is 1.11. The van der Waals surface area contributed by atoms with Crippen molar-refractivity contribution in [3.63, 3.8) is 0 Å². The van der Waals surface area contributed by atoms with Gasteiger partial charge in [0.2, 0.25) is 5.91 Å². The molecule has 0 aromatic carbocycles. The van der Waals surface area contributed by atoms with E-state index < -0.39 is 0 Å². The van der Waals surface area contributed by atoms with Crippen molar-refractivity contribution in [1.82, 2.24) is 4.90 Å². The number of hydrogen-bond acceptors (Lipinski definition) is 3. The quantitative estimate of drug-likeness (QED) is 0.676. The van der Waals surface area contributed by atoms with Crippen LogP contribution in [-0.4, -0.2) is 31.2 Å². The average molecular weight is 195 g/mol. The van der Waals surface area contributed by atoms with Gasteiger partial charge in [-0.05, 0) is 12.1 Å². The van der Waals surface area contributed by atoms with E-state index in [9.17, 15) is 9.59 Å². The molecule has 1 heterocycles. The van der Waals surface area contributed by atoms with Crippen LogP contribution in [0.1, 0.15) is 22.7 Å². The number of hydrogen-bond donors (Lipinski definition) is 0. The van der Waals surface area contributed by atoms with Crippen LogP contribution in [0.2, 0.25) is 0 Å². The third-order valence-corrected chi connectivity index (χ3v) is 1.88. The zero-order valence-electron chi connectivity index (χ0n) is 8.32. The molecule has 0 aliphatic carbocycles. The molecule has 0 unspecified atom stereocenters. The van der Waals surface area contributed by atoms with Crippen molar-refractivity contribution in [2.24, 2.45) is 0 Å². The molecule has 0 aliphatic rings. The van der Waals surface area contributed by atoms with Gasteiger partial charge in [-0.15, -0.1) is 0 Å². The number of carbonyl (C=O) groups is 2. The van der Waals surface area contributed by atoms with Crippen molar-refractivity contribution in [1.29, 1.82) is 0 Å². The summed E-state index contributed by atoms with van der Waals surface area (Å²) in [4.78, 5) is 23.0. The molecule has 0 fully saturated rings. The first-order chi connectivity index (χ1) is 6.63. The normalized spacial score (nSPS) is 9.86. The van der Waals surface area contributed by atoms with Crippen LogP contribution in [0.3, 0.4) is 0 Å². The number of aldehydes is 1. The molecule has 0 N–H and O–H groups in total. The average Bonchev–Trinajstić information content (AvgIpc) is 2.61. The van der Waals surface area contributed by atoms with Crippen LogP contribution < -0.4 is 0 Å². The Morgan fingerprint density at radius 1 is 1.50 bits per heavy atom. The van der Waals surface area contributed by atoms with E-state index in [2.05, 4.69) is 0 Å². The molecular formula is C10H13NO3. The van der Waals surface area contributed by atoms with Crippen LogP contribution >= 0.6 is 0 Å². The van der Waals surface area contributed by atoms with Crippen LogP contribution in [0, 0.1) is 0 Å². The Hall–Kier alpha value is -1.58. The first kappa shape index (κ1) is 10.5. The van der Waals surface area contributed by atoms with Gasteiger partial charge in [-0.3, -0.25) is 9.59 Å². The highest BCUT2D eigenvalue weighted by Gasteiger charge is 2.06. The third kappa shape index (κ3) is 2.73. The molecule has 0 saturated carbocycles. The summed E-state index contributed by atoms with van der Waals surface area (Å²) in [7, 11) is 3.42. The van der Waals surface area contributed by atoms with Crippen LogP contribution in [0.15, 0.2) is 16.5 Å². The molecular weight excluding hydrogens is 182 g/mol. The second-order valence-corrected chi connectivity index (χ2v) is 3.21. The molecule has 0 bridgehead atoms. The van der Waals surface area contributed by atoms with Crippen LogP contribution in [0.5, 0.6) is 0 Å². The van der Waals surface area contributed by atoms with Crippen LogP contribution in [-0.2, 0) is 11.2 Å². The molecule has 0 saturated heterocycles. The van der Waals surface area contributed by atoms with Gasteiger partial charge in [-0.1, -0.05) is 0 Å². The second-order valence-electron chi connectivity index (χ2n) is 3.21. The zero-order chi connectivity index (χ0) is 10.6. The lowest BCUT2D eigenvalue weighted by Crippen LogP contribution is -2.21. The number of carbonyl (C=O) groups excluding carboxylic acids is 2. The predicted molar refractivity (Wildman–Crippen MR) is 51.1 cm³/mol. The van der Waals surface area contributed by atoms with E-state index in [4.69, 9.17) is 4.42 Å². The maximum Gasteiger partial charge on any atom is 0.222 e. The summed E-state index contributed by atoms with van der Waals surface area (Å²) in [6, 6.07) is 3.31. The Morgan fingerprint density at radius 2 is 2.21 bits per heavy atom. The van der Waals surface area contributed by atoms with Gasteiger partial charge in [-0.2, -0.15) is 0 Å². The summed E-state index contributed by atoms with van der Waals surface area (Å²) < 4.78 is 5.12. The van der Waals surface area contributed by atoms with Gasteiger partial charge >= 0.3 is 0 Å². The SMILES string of the molecule is CN(C)C(=O)CCc1ccc(C=O)o1. The highest BCUT2D eigenvalue weighted by atomic mass is 16.3. The minimum absolute atomic E-state index is 0.0500. The first-order valence-electron chi connectivity index (χ1n) is 4.37. The minimum atomic E-state index is 0.0500. The smallest absolute Gasteiger partial charge is 0.222 e. The number of nitrogens with zero attached hydrogens (tertiary/aromatic N) is 1. The number of aryl methyl sites for hydroxylation is 1. The molecule has 1 aromatic rings. The standard InChI is InChI=1S/C10H13NO3/c1-11(2)10(13)6-5-8-3-4-9(7-12)14-8/h3-4,7H,5-6H2,1-2H3. The summed E-state index contributed by atoms with van der Waals surface area (Å²) in [5, 5.41) is 0. The van der Waals surface area contributed by atoms with Crippen molar-refractivity contribution in [2.45, 2.75) is 12.8 Å². The lowest BCUT2D eigenvalue weighted by Gasteiger charge is -2.08. The van der Waals surface area contributed by atoms with Crippen molar-refractivity contribution >= 4 is 12.2 Å². The summed E-state index contributed by atoms with van der Waals surface area (Å²) in [5.41, 5.74) is 0. The van der Waals surface area contributed by atoms with E-state index in [0.717, 1.165) is 0 Å². The summed E-state index contributed by atoms with van der Waals surface area (Å²) in [6.07, 6.45) is 1.58. The Morgan fingerprint density at radius 3 is 2.71 bits per heavy atom.